The van der Waals surface area contributed by atoms with Gasteiger partial charge in [0.2, 0.25) is 0 Å². The molecular formula is C30H17F6N3O4S3. The Kier molecular flexibility index (Phi) is 7.66. The van der Waals surface area contributed by atoms with Gasteiger partial charge in [-0.3, -0.25) is 9.35 Å². The van der Waals surface area contributed by atoms with Crippen molar-refractivity contribution in [2.24, 2.45) is 0 Å². The van der Waals surface area contributed by atoms with Gasteiger partial charge in [-0.2, -0.15) is 34.8 Å². The molecule has 0 spiro atoms. The number of aromatic nitrogens is 2. The van der Waals surface area contributed by atoms with E-state index in [1.54, 1.807) is 43.3 Å². The Labute approximate surface area is 263 Å². The smallest absolute Gasteiger partial charge is 0.322 e. The SMILES string of the molecule is Cc1ccc2nc(-c3ccc4nc(-c5ccc(NC(=O)c6cc(C(F)(F)F)cc(C(F)(F)F)c6)cc5)sc4c3)sc2c1S(=O)(=O)O. The van der Waals surface area contributed by atoms with Crippen molar-refractivity contribution in [3.63, 3.8) is 0 Å². The first-order valence-corrected chi connectivity index (χ1v) is 16.0. The first-order chi connectivity index (χ1) is 21.5. The van der Waals surface area contributed by atoms with Crippen molar-refractivity contribution < 1.29 is 44.1 Å². The minimum atomic E-state index is -5.09. The van der Waals surface area contributed by atoms with Crippen LogP contribution in [-0.2, 0) is 22.5 Å². The first-order valence-electron chi connectivity index (χ1n) is 13.0. The largest absolute Gasteiger partial charge is 0.416 e. The molecule has 16 heteroatoms. The minimum absolute atomic E-state index is 0.0496. The van der Waals surface area contributed by atoms with E-state index in [2.05, 4.69) is 15.3 Å². The van der Waals surface area contributed by atoms with Crippen molar-refractivity contribution in [3.05, 3.63) is 95.1 Å². The van der Waals surface area contributed by atoms with Crippen LogP contribution in [0.2, 0.25) is 0 Å². The Hall–Kier alpha value is -4.38. The third-order valence-electron chi connectivity index (χ3n) is 6.84. The van der Waals surface area contributed by atoms with Crippen molar-refractivity contribution in [1.29, 1.82) is 0 Å². The van der Waals surface area contributed by atoms with Crippen LogP contribution in [0.5, 0.6) is 0 Å². The molecule has 46 heavy (non-hydrogen) atoms. The van der Waals surface area contributed by atoms with E-state index >= 15 is 0 Å². The molecular weight excluding hydrogens is 677 g/mol. The Morgan fingerprint density at radius 2 is 1.33 bits per heavy atom. The average molecular weight is 694 g/mol. The lowest BCUT2D eigenvalue weighted by Crippen LogP contribution is -2.17. The van der Waals surface area contributed by atoms with Gasteiger partial charge in [0.1, 0.15) is 14.9 Å². The summed E-state index contributed by atoms with van der Waals surface area (Å²) in [7, 11) is -4.47. The highest BCUT2D eigenvalue weighted by molar-refractivity contribution is 7.86. The molecule has 2 heterocycles. The molecule has 2 aromatic heterocycles. The van der Waals surface area contributed by atoms with Gasteiger partial charge in [0.25, 0.3) is 16.0 Å². The van der Waals surface area contributed by atoms with Gasteiger partial charge in [0, 0.05) is 22.4 Å². The third-order valence-corrected chi connectivity index (χ3v) is 10.2. The number of nitrogens with zero attached hydrogens (tertiary/aromatic N) is 2. The van der Waals surface area contributed by atoms with Gasteiger partial charge in [-0.1, -0.05) is 6.07 Å². The zero-order valence-electron chi connectivity index (χ0n) is 23.0. The molecule has 4 aromatic carbocycles. The Morgan fingerprint density at radius 3 is 1.93 bits per heavy atom. The number of anilines is 1. The standard InChI is InChI=1S/C30H17F6N3O4S3/c1-14-2-8-22-24(25(14)46(41,42)43)45-28(39-22)16-5-9-21-23(12-16)44-27(38-21)15-3-6-20(7-4-15)37-26(40)17-10-18(29(31,32)33)13-19(11-17)30(34,35)36/h2-13H,1H3,(H,37,40)(H,41,42,43). The Morgan fingerprint density at radius 1 is 0.761 bits per heavy atom. The lowest BCUT2D eigenvalue weighted by Gasteiger charge is -2.14. The molecule has 236 valence electrons. The molecule has 0 aliphatic carbocycles. The quantitative estimate of drug-likeness (QED) is 0.138. The van der Waals surface area contributed by atoms with E-state index < -0.39 is 45.1 Å². The van der Waals surface area contributed by atoms with E-state index in [-0.39, 0.29) is 16.6 Å². The molecule has 0 fully saturated rings. The van der Waals surface area contributed by atoms with Crippen LogP contribution in [0.3, 0.4) is 0 Å². The number of carbonyl (C=O) groups is 1. The second-order valence-electron chi connectivity index (χ2n) is 10.1. The average Bonchev–Trinajstić information content (AvgIpc) is 3.59. The van der Waals surface area contributed by atoms with Gasteiger partial charge < -0.3 is 5.32 Å². The van der Waals surface area contributed by atoms with Gasteiger partial charge >= 0.3 is 12.4 Å². The second-order valence-corrected chi connectivity index (χ2v) is 13.5. The van der Waals surface area contributed by atoms with E-state index in [1.165, 1.54) is 23.5 Å². The number of nitrogens with one attached hydrogen (secondary N) is 1. The highest BCUT2D eigenvalue weighted by Gasteiger charge is 2.37. The molecule has 0 aliphatic heterocycles. The fourth-order valence-corrected chi connectivity index (χ4v) is 8.00. The maximum absolute atomic E-state index is 13.2. The van der Waals surface area contributed by atoms with Crippen LogP contribution in [0, 0.1) is 6.92 Å². The summed E-state index contributed by atoms with van der Waals surface area (Å²) >= 11 is 2.46. The molecule has 0 saturated heterocycles. The molecule has 6 aromatic rings. The maximum Gasteiger partial charge on any atom is 0.416 e. The first kappa shape index (κ1) is 31.6. The summed E-state index contributed by atoms with van der Waals surface area (Å²) in [6.07, 6.45) is -10.2. The van der Waals surface area contributed by atoms with E-state index in [0.29, 0.717) is 54.6 Å². The molecule has 6 rings (SSSR count). The summed E-state index contributed by atoms with van der Waals surface area (Å²) in [5.41, 5.74) is -1.05. The Bertz CT molecular complexity index is 2240. The number of thiazole rings is 2. The Balaban J connectivity index is 1.25. The number of halogens is 6. The van der Waals surface area contributed by atoms with E-state index in [0.717, 1.165) is 16.0 Å². The number of amides is 1. The predicted octanol–water partition coefficient (Wildman–Crippen LogP) is 9.09. The maximum atomic E-state index is 13.2. The van der Waals surface area contributed by atoms with Crippen LogP contribution >= 0.6 is 22.7 Å². The predicted molar refractivity (Wildman–Crippen MR) is 163 cm³/mol. The summed E-state index contributed by atoms with van der Waals surface area (Å²) in [5.74, 6) is -1.15. The summed E-state index contributed by atoms with van der Waals surface area (Å²) in [5, 5.41) is 3.45. The molecule has 0 radical (unpaired) electrons. The van der Waals surface area contributed by atoms with Crippen molar-refractivity contribution in [2.45, 2.75) is 24.2 Å². The van der Waals surface area contributed by atoms with Crippen molar-refractivity contribution >= 4 is 64.8 Å². The monoisotopic (exact) mass is 693 g/mol. The van der Waals surface area contributed by atoms with Gasteiger partial charge in [-0.25, -0.2) is 9.97 Å². The third kappa shape index (κ3) is 6.20. The van der Waals surface area contributed by atoms with E-state index in [4.69, 9.17) is 0 Å². The molecule has 0 atom stereocenters. The summed E-state index contributed by atoms with van der Waals surface area (Å²) in [6, 6.07) is 15.4. The molecule has 2 N–H and O–H groups in total. The number of alkyl halides is 6. The molecule has 7 nitrogen and oxygen atoms in total. The zero-order chi connectivity index (χ0) is 33.2. The topological polar surface area (TPSA) is 109 Å². The fraction of sp³-hybridized carbons (Fsp3) is 0.100. The summed E-state index contributed by atoms with van der Waals surface area (Å²) in [6.45, 7) is 1.58. The number of rotatable bonds is 5. The van der Waals surface area contributed by atoms with Gasteiger partial charge in [-0.15, -0.1) is 22.7 Å². The zero-order valence-corrected chi connectivity index (χ0v) is 25.4. The molecule has 1 amide bonds. The van der Waals surface area contributed by atoms with Crippen molar-refractivity contribution in [2.75, 3.05) is 5.32 Å². The molecule has 0 bridgehead atoms. The van der Waals surface area contributed by atoms with Crippen molar-refractivity contribution in [1.82, 2.24) is 9.97 Å². The van der Waals surface area contributed by atoms with Crippen LogP contribution in [0.1, 0.15) is 27.0 Å². The number of benzene rings is 4. The molecule has 0 aliphatic rings. The minimum Gasteiger partial charge on any atom is -0.322 e. The highest BCUT2D eigenvalue weighted by Crippen LogP contribution is 2.39. The van der Waals surface area contributed by atoms with Crippen LogP contribution in [0.15, 0.2) is 77.7 Å². The number of hydrogen-bond acceptors (Lipinski definition) is 7. The van der Waals surface area contributed by atoms with Gasteiger partial charge in [-0.05, 0) is 79.2 Å². The summed E-state index contributed by atoms with van der Waals surface area (Å²) in [4.78, 5) is 21.6. The number of fused-ring (bicyclic) bond motifs is 2. The van der Waals surface area contributed by atoms with Crippen LogP contribution in [0.25, 0.3) is 41.6 Å². The highest BCUT2D eigenvalue weighted by atomic mass is 32.2. The number of hydrogen-bond donors (Lipinski definition) is 2. The van der Waals surface area contributed by atoms with E-state index in [1.807, 2.05) is 6.07 Å². The molecule has 0 unspecified atom stereocenters. The number of carbonyl (C=O) groups excluding carboxylic acids is 1. The molecule has 0 saturated carbocycles. The van der Waals surface area contributed by atoms with Gasteiger partial charge in [0.15, 0.2) is 0 Å². The lowest BCUT2D eigenvalue weighted by atomic mass is 10.0. The van der Waals surface area contributed by atoms with Crippen LogP contribution in [0.4, 0.5) is 32.0 Å². The normalized spacial score (nSPS) is 12.6. The van der Waals surface area contributed by atoms with Crippen LogP contribution in [-0.4, -0.2) is 28.8 Å². The van der Waals surface area contributed by atoms with E-state index in [9.17, 15) is 44.1 Å². The lowest BCUT2D eigenvalue weighted by molar-refractivity contribution is -0.143. The fourth-order valence-electron chi connectivity index (χ4n) is 4.68. The summed E-state index contributed by atoms with van der Waals surface area (Å²) < 4.78 is 114. The van der Waals surface area contributed by atoms with Gasteiger partial charge in [0.05, 0.1) is 31.6 Å². The van der Waals surface area contributed by atoms with Crippen LogP contribution < -0.4 is 5.32 Å². The number of aryl methyl sites for hydroxylation is 1. The van der Waals surface area contributed by atoms with Crippen molar-refractivity contribution in [3.8, 4) is 21.1 Å². The second kappa shape index (κ2) is 11.2.